The fourth-order valence-corrected chi connectivity index (χ4v) is 2.53. The maximum Gasteiger partial charge on any atom is 0.326 e. The fourth-order valence-electron chi connectivity index (χ4n) is 2.05. The van der Waals surface area contributed by atoms with E-state index in [0.717, 1.165) is 13.1 Å². The second-order valence-electron chi connectivity index (χ2n) is 4.93. The predicted molar refractivity (Wildman–Crippen MR) is 81.2 cm³/mol. The third kappa shape index (κ3) is 6.47. The lowest BCUT2D eigenvalue weighted by atomic mass is 10.2. The first kappa shape index (κ1) is 17.1. The molecule has 0 aromatic rings. The Hall–Kier alpha value is -0.950. The van der Waals surface area contributed by atoms with E-state index in [1.165, 1.54) is 12.8 Å². The second kappa shape index (κ2) is 9.07. The number of rotatable bonds is 10. The second-order valence-corrected chi connectivity index (χ2v) is 5.92. The van der Waals surface area contributed by atoms with Crippen LogP contribution in [0.2, 0.25) is 0 Å². The number of amides is 2. The van der Waals surface area contributed by atoms with Crippen molar-refractivity contribution in [2.45, 2.75) is 38.3 Å². The molecule has 1 atom stereocenters. The van der Waals surface area contributed by atoms with Crippen LogP contribution in [0, 0.1) is 0 Å². The van der Waals surface area contributed by atoms with E-state index in [2.05, 4.69) is 22.5 Å². The molecule has 2 amide bonds. The summed E-state index contributed by atoms with van der Waals surface area (Å²) in [5.74, 6) is -0.273. The molecule has 1 aliphatic rings. The van der Waals surface area contributed by atoms with E-state index in [1.54, 1.807) is 11.8 Å². The molecule has 0 aliphatic heterocycles. The average molecular weight is 303 g/mol. The third-order valence-electron chi connectivity index (χ3n) is 3.37. The monoisotopic (exact) mass is 303 g/mol. The lowest BCUT2D eigenvalue weighted by molar-refractivity contribution is -0.139. The minimum atomic E-state index is -0.984. The molecule has 7 heteroatoms. The van der Waals surface area contributed by atoms with Crippen LogP contribution in [0.4, 0.5) is 4.79 Å². The molecule has 0 unspecified atom stereocenters. The number of carbonyl (C=O) groups excluding carboxylic acids is 1. The first-order valence-corrected chi connectivity index (χ1v) is 8.48. The van der Waals surface area contributed by atoms with Gasteiger partial charge in [-0.1, -0.05) is 6.92 Å². The zero-order valence-electron chi connectivity index (χ0n) is 12.2. The van der Waals surface area contributed by atoms with Crippen LogP contribution >= 0.6 is 11.8 Å². The zero-order valence-corrected chi connectivity index (χ0v) is 13.0. The molecule has 0 bridgehead atoms. The highest BCUT2D eigenvalue weighted by molar-refractivity contribution is 7.98. The summed E-state index contributed by atoms with van der Waals surface area (Å²) in [5.41, 5.74) is 0. The van der Waals surface area contributed by atoms with Gasteiger partial charge >= 0.3 is 12.0 Å². The highest BCUT2D eigenvalue weighted by atomic mass is 32.2. The van der Waals surface area contributed by atoms with E-state index in [-0.39, 0.29) is 0 Å². The lowest BCUT2D eigenvalue weighted by Gasteiger charge is -2.20. The molecule has 0 aromatic carbocycles. The van der Waals surface area contributed by atoms with Crippen molar-refractivity contribution in [3.63, 3.8) is 0 Å². The Kier molecular flexibility index (Phi) is 7.76. The molecule has 0 radical (unpaired) electrons. The molecule has 0 aromatic heterocycles. The number of carbonyl (C=O) groups is 2. The topological polar surface area (TPSA) is 81.7 Å². The summed E-state index contributed by atoms with van der Waals surface area (Å²) in [4.78, 5) is 25.0. The van der Waals surface area contributed by atoms with Gasteiger partial charge in [0.2, 0.25) is 0 Å². The van der Waals surface area contributed by atoms with Gasteiger partial charge in [-0.15, -0.1) is 0 Å². The summed E-state index contributed by atoms with van der Waals surface area (Å²) in [7, 11) is 0. The van der Waals surface area contributed by atoms with Crippen molar-refractivity contribution in [3.05, 3.63) is 0 Å². The lowest BCUT2D eigenvalue weighted by Crippen LogP contribution is -2.48. The number of aliphatic carboxylic acids is 1. The van der Waals surface area contributed by atoms with Crippen molar-refractivity contribution in [3.8, 4) is 0 Å². The summed E-state index contributed by atoms with van der Waals surface area (Å²) >= 11 is 1.57. The molecular weight excluding hydrogens is 278 g/mol. The Balaban J connectivity index is 2.21. The van der Waals surface area contributed by atoms with Crippen LogP contribution in [0.25, 0.3) is 0 Å². The van der Waals surface area contributed by atoms with E-state index < -0.39 is 18.0 Å². The number of nitrogens with zero attached hydrogens (tertiary/aromatic N) is 1. The molecule has 1 fully saturated rings. The minimum absolute atomic E-state index is 0.398. The van der Waals surface area contributed by atoms with Crippen LogP contribution in [0.3, 0.4) is 0 Å². The average Bonchev–Trinajstić information content (AvgIpc) is 3.23. The molecule has 1 aliphatic carbocycles. The number of nitrogens with one attached hydrogen (secondary N) is 2. The summed E-state index contributed by atoms with van der Waals surface area (Å²) in [6.45, 7) is 4.46. The molecule has 1 rings (SSSR count). The number of likely N-dealkylation sites (N-methyl/N-ethyl adjacent to an activating group) is 1. The molecule has 0 spiro atoms. The summed E-state index contributed by atoms with van der Waals surface area (Å²) in [6, 6.07) is -0.531. The smallest absolute Gasteiger partial charge is 0.326 e. The standard InChI is InChI=1S/C13H25N3O3S/c1-3-16(10-4-5-10)8-7-14-13(19)15-11(12(17)18)6-9-20-2/h10-11H,3-9H2,1-2H3,(H,17,18)(H2,14,15,19)/t11-/m0/s1. The van der Waals surface area contributed by atoms with Crippen LogP contribution in [-0.4, -0.2) is 65.7 Å². The molecular formula is C13H25N3O3S. The zero-order chi connectivity index (χ0) is 15.0. The van der Waals surface area contributed by atoms with Gasteiger partial charge < -0.3 is 15.7 Å². The predicted octanol–water partition coefficient (Wildman–Crippen LogP) is 0.976. The van der Waals surface area contributed by atoms with Gasteiger partial charge in [-0.05, 0) is 37.8 Å². The molecule has 1 saturated carbocycles. The van der Waals surface area contributed by atoms with Gasteiger partial charge in [-0.2, -0.15) is 11.8 Å². The van der Waals surface area contributed by atoms with Gasteiger partial charge in [0.15, 0.2) is 0 Å². The van der Waals surface area contributed by atoms with Crippen molar-refractivity contribution >= 4 is 23.8 Å². The van der Waals surface area contributed by atoms with Crippen LogP contribution in [0.1, 0.15) is 26.2 Å². The van der Waals surface area contributed by atoms with Crippen LogP contribution in [0.15, 0.2) is 0 Å². The van der Waals surface area contributed by atoms with Gasteiger partial charge in [0.25, 0.3) is 0 Å². The Morgan fingerprint density at radius 3 is 2.65 bits per heavy atom. The molecule has 20 heavy (non-hydrogen) atoms. The van der Waals surface area contributed by atoms with Gasteiger partial charge in [0.05, 0.1) is 0 Å². The quantitative estimate of drug-likeness (QED) is 0.560. The van der Waals surface area contributed by atoms with Gasteiger partial charge in [-0.25, -0.2) is 9.59 Å². The summed E-state index contributed by atoms with van der Waals surface area (Å²) in [6.07, 6.45) is 4.84. The number of hydrogen-bond donors (Lipinski definition) is 3. The van der Waals surface area contributed by atoms with Crippen molar-refractivity contribution in [2.75, 3.05) is 31.6 Å². The Labute approximate surface area is 124 Å². The van der Waals surface area contributed by atoms with Gasteiger partial charge in [-0.3, -0.25) is 4.90 Å². The first-order valence-electron chi connectivity index (χ1n) is 7.08. The Morgan fingerprint density at radius 2 is 2.15 bits per heavy atom. The van der Waals surface area contributed by atoms with E-state index in [1.807, 2.05) is 6.26 Å². The Bertz CT molecular complexity index is 324. The third-order valence-corrected chi connectivity index (χ3v) is 4.01. The molecule has 6 nitrogen and oxygen atoms in total. The van der Waals surface area contributed by atoms with E-state index in [4.69, 9.17) is 5.11 Å². The van der Waals surface area contributed by atoms with Crippen LogP contribution < -0.4 is 10.6 Å². The maximum atomic E-state index is 11.7. The minimum Gasteiger partial charge on any atom is -0.480 e. The highest BCUT2D eigenvalue weighted by Crippen LogP contribution is 2.25. The maximum absolute atomic E-state index is 11.7. The number of carboxylic acid groups (broad SMARTS) is 1. The number of thioether (sulfide) groups is 1. The largest absolute Gasteiger partial charge is 0.480 e. The van der Waals surface area contributed by atoms with E-state index >= 15 is 0 Å². The van der Waals surface area contributed by atoms with Crippen LogP contribution in [-0.2, 0) is 4.79 Å². The molecule has 116 valence electrons. The summed E-state index contributed by atoms with van der Waals surface area (Å²) in [5, 5.41) is 14.3. The van der Waals surface area contributed by atoms with Gasteiger partial charge in [0.1, 0.15) is 6.04 Å². The molecule has 0 saturated heterocycles. The van der Waals surface area contributed by atoms with Crippen molar-refractivity contribution in [1.29, 1.82) is 0 Å². The number of carboxylic acids is 1. The highest BCUT2D eigenvalue weighted by Gasteiger charge is 2.27. The fraction of sp³-hybridized carbons (Fsp3) is 0.846. The van der Waals surface area contributed by atoms with Crippen molar-refractivity contribution < 1.29 is 14.7 Å². The normalized spacial score (nSPS) is 15.9. The van der Waals surface area contributed by atoms with Crippen LogP contribution in [0.5, 0.6) is 0 Å². The number of urea groups is 1. The molecule has 0 heterocycles. The number of hydrogen-bond acceptors (Lipinski definition) is 4. The molecule has 3 N–H and O–H groups in total. The SMILES string of the molecule is CCN(CCNC(=O)N[C@@H](CCSC)C(=O)O)C1CC1. The van der Waals surface area contributed by atoms with E-state index in [9.17, 15) is 9.59 Å². The first-order chi connectivity index (χ1) is 9.58. The van der Waals surface area contributed by atoms with Crippen molar-refractivity contribution in [1.82, 2.24) is 15.5 Å². The van der Waals surface area contributed by atoms with E-state index in [0.29, 0.717) is 24.8 Å². The van der Waals surface area contributed by atoms with Crippen molar-refractivity contribution in [2.24, 2.45) is 0 Å². The van der Waals surface area contributed by atoms with Gasteiger partial charge in [0, 0.05) is 19.1 Å². The summed E-state index contributed by atoms with van der Waals surface area (Å²) < 4.78 is 0. The Morgan fingerprint density at radius 1 is 1.45 bits per heavy atom.